The normalized spacial score (nSPS) is 10.8. The summed E-state index contributed by atoms with van der Waals surface area (Å²) in [5, 5.41) is 3.29. The number of ether oxygens (including phenoxy) is 1. The molecule has 0 aliphatic rings. The highest BCUT2D eigenvalue weighted by molar-refractivity contribution is 6.33. The lowest BCUT2D eigenvalue weighted by Gasteiger charge is -2.13. The Morgan fingerprint density at radius 3 is 2.57 bits per heavy atom. The molecule has 1 N–H and O–H groups in total. The van der Waals surface area contributed by atoms with E-state index in [1.165, 1.54) is 36.4 Å². The van der Waals surface area contributed by atoms with Gasteiger partial charge in [0.05, 0.1) is 10.7 Å². The van der Waals surface area contributed by atoms with Crippen molar-refractivity contribution in [2.45, 2.75) is 13.2 Å². The fraction of sp³-hybridized carbons (Fsp3) is 0.143. The second-order valence-corrected chi connectivity index (χ2v) is 4.92. The molecule has 0 bridgehead atoms. The van der Waals surface area contributed by atoms with Gasteiger partial charge in [-0.2, -0.15) is 8.78 Å². The van der Waals surface area contributed by atoms with Crippen LogP contribution in [-0.4, -0.2) is 6.61 Å². The molecule has 21 heavy (non-hydrogen) atoms. The Kier molecular flexibility index (Phi) is 5.20. The molecule has 0 saturated carbocycles. The monoisotopic (exact) mass is 335 g/mol. The Morgan fingerprint density at radius 2 is 1.90 bits per heavy atom. The number of rotatable bonds is 5. The second kappa shape index (κ2) is 6.91. The number of para-hydroxylation sites is 1. The van der Waals surface area contributed by atoms with E-state index in [1.54, 1.807) is 0 Å². The van der Waals surface area contributed by atoms with E-state index >= 15 is 0 Å². The summed E-state index contributed by atoms with van der Waals surface area (Å²) in [4.78, 5) is 0. The van der Waals surface area contributed by atoms with Crippen LogP contribution >= 0.6 is 23.2 Å². The predicted octanol–water partition coefficient (Wildman–Crippen LogP) is 5.35. The molecule has 0 aromatic heterocycles. The summed E-state index contributed by atoms with van der Waals surface area (Å²) >= 11 is 11.7. The maximum Gasteiger partial charge on any atom is 0.387 e. The van der Waals surface area contributed by atoms with Crippen LogP contribution in [-0.2, 0) is 6.54 Å². The van der Waals surface area contributed by atoms with Crippen molar-refractivity contribution in [3.8, 4) is 5.75 Å². The summed E-state index contributed by atoms with van der Waals surface area (Å²) in [7, 11) is 0. The quantitative estimate of drug-likeness (QED) is 0.795. The fourth-order valence-electron chi connectivity index (χ4n) is 1.75. The van der Waals surface area contributed by atoms with Crippen LogP contribution in [0, 0.1) is 5.82 Å². The summed E-state index contributed by atoms with van der Waals surface area (Å²) in [5.41, 5.74) is 0.448. The van der Waals surface area contributed by atoms with Gasteiger partial charge in [-0.3, -0.25) is 0 Å². The number of alkyl halides is 2. The van der Waals surface area contributed by atoms with Gasteiger partial charge in [0.15, 0.2) is 0 Å². The van der Waals surface area contributed by atoms with E-state index in [9.17, 15) is 13.2 Å². The molecule has 0 atom stereocenters. The largest absolute Gasteiger partial charge is 0.434 e. The average Bonchev–Trinajstić information content (AvgIpc) is 2.40. The molecule has 0 saturated heterocycles. The van der Waals surface area contributed by atoms with Gasteiger partial charge in [0, 0.05) is 17.1 Å². The molecule has 0 heterocycles. The highest BCUT2D eigenvalue weighted by Gasteiger charge is 2.12. The Morgan fingerprint density at radius 1 is 1.14 bits per heavy atom. The minimum atomic E-state index is -2.96. The Hall–Kier alpha value is -1.59. The Bertz CT molecular complexity index is 617. The van der Waals surface area contributed by atoms with Crippen molar-refractivity contribution in [3.05, 3.63) is 57.8 Å². The summed E-state index contributed by atoms with van der Waals surface area (Å²) in [6.07, 6.45) is 0. The average molecular weight is 336 g/mol. The van der Waals surface area contributed by atoms with E-state index in [-0.39, 0.29) is 23.0 Å². The molecule has 0 radical (unpaired) electrons. The minimum absolute atomic E-state index is 0.0310. The minimum Gasteiger partial charge on any atom is -0.434 e. The number of anilines is 1. The van der Waals surface area contributed by atoms with Crippen LogP contribution in [0.4, 0.5) is 18.9 Å². The third kappa shape index (κ3) is 4.19. The van der Waals surface area contributed by atoms with Gasteiger partial charge < -0.3 is 10.1 Å². The molecule has 0 aliphatic carbocycles. The van der Waals surface area contributed by atoms with Gasteiger partial charge in [-0.25, -0.2) is 4.39 Å². The van der Waals surface area contributed by atoms with E-state index in [4.69, 9.17) is 23.2 Å². The molecule has 0 aliphatic heterocycles. The summed E-state index contributed by atoms with van der Waals surface area (Å²) < 4.78 is 42.7. The Labute approximate surface area is 129 Å². The summed E-state index contributed by atoms with van der Waals surface area (Å²) in [6.45, 7) is -2.93. The maximum atomic E-state index is 13.6. The van der Waals surface area contributed by atoms with Crippen LogP contribution in [0.2, 0.25) is 10.0 Å². The van der Waals surface area contributed by atoms with Crippen LogP contribution in [0.5, 0.6) is 5.75 Å². The SMILES string of the molecule is Fc1cccc(Cl)c1NCc1cc(Cl)ccc1OC(F)F. The van der Waals surface area contributed by atoms with Gasteiger partial charge in [-0.1, -0.05) is 29.3 Å². The lowest BCUT2D eigenvalue weighted by atomic mass is 10.2. The van der Waals surface area contributed by atoms with Crippen molar-refractivity contribution in [1.29, 1.82) is 0 Å². The molecular formula is C14H10Cl2F3NO. The topological polar surface area (TPSA) is 21.3 Å². The molecule has 2 rings (SSSR count). The van der Waals surface area contributed by atoms with E-state index in [1.807, 2.05) is 0 Å². The van der Waals surface area contributed by atoms with Gasteiger partial charge >= 0.3 is 6.61 Å². The maximum absolute atomic E-state index is 13.6. The van der Waals surface area contributed by atoms with Crippen LogP contribution in [0.1, 0.15) is 5.56 Å². The molecule has 2 aromatic rings. The lowest BCUT2D eigenvalue weighted by Crippen LogP contribution is -2.08. The molecular weight excluding hydrogens is 326 g/mol. The smallest absolute Gasteiger partial charge is 0.387 e. The first-order chi connectivity index (χ1) is 9.97. The van der Waals surface area contributed by atoms with E-state index < -0.39 is 12.4 Å². The third-order valence-corrected chi connectivity index (χ3v) is 3.21. The molecule has 112 valence electrons. The molecule has 0 spiro atoms. The van der Waals surface area contributed by atoms with Crippen molar-refractivity contribution >= 4 is 28.9 Å². The second-order valence-electron chi connectivity index (χ2n) is 4.08. The van der Waals surface area contributed by atoms with Gasteiger partial charge in [0.1, 0.15) is 11.6 Å². The Balaban J connectivity index is 2.21. The van der Waals surface area contributed by atoms with Crippen molar-refractivity contribution < 1.29 is 17.9 Å². The number of benzene rings is 2. The number of hydrogen-bond donors (Lipinski definition) is 1. The number of halogens is 5. The summed E-state index contributed by atoms with van der Waals surface area (Å²) in [6, 6.07) is 8.44. The van der Waals surface area contributed by atoms with Crippen LogP contribution < -0.4 is 10.1 Å². The summed E-state index contributed by atoms with van der Waals surface area (Å²) in [5.74, 6) is -0.574. The highest BCUT2D eigenvalue weighted by Crippen LogP contribution is 2.28. The van der Waals surface area contributed by atoms with E-state index in [0.717, 1.165) is 0 Å². The van der Waals surface area contributed by atoms with E-state index in [0.29, 0.717) is 10.6 Å². The number of hydrogen-bond acceptors (Lipinski definition) is 2. The third-order valence-electron chi connectivity index (χ3n) is 2.66. The highest BCUT2D eigenvalue weighted by atomic mass is 35.5. The first-order valence-corrected chi connectivity index (χ1v) is 6.64. The molecule has 0 amide bonds. The number of nitrogens with one attached hydrogen (secondary N) is 1. The van der Waals surface area contributed by atoms with Crippen molar-refractivity contribution in [1.82, 2.24) is 0 Å². The fourth-order valence-corrected chi connectivity index (χ4v) is 2.17. The van der Waals surface area contributed by atoms with Crippen LogP contribution in [0.15, 0.2) is 36.4 Å². The van der Waals surface area contributed by atoms with Crippen LogP contribution in [0.25, 0.3) is 0 Å². The predicted molar refractivity (Wildman–Crippen MR) is 76.8 cm³/mol. The zero-order chi connectivity index (χ0) is 15.4. The van der Waals surface area contributed by atoms with Gasteiger partial charge in [0.2, 0.25) is 0 Å². The van der Waals surface area contributed by atoms with Gasteiger partial charge in [-0.15, -0.1) is 0 Å². The molecule has 0 unspecified atom stereocenters. The van der Waals surface area contributed by atoms with Crippen molar-refractivity contribution in [2.24, 2.45) is 0 Å². The molecule has 2 aromatic carbocycles. The van der Waals surface area contributed by atoms with Crippen LogP contribution in [0.3, 0.4) is 0 Å². The standard InChI is InChI=1S/C14H10Cl2F3NO/c15-9-4-5-12(21-14(18)19)8(6-9)7-20-13-10(16)2-1-3-11(13)17/h1-6,14,20H,7H2. The van der Waals surface area contributed by atoms with Gasteiger partial charge in [0.25, 0.3) is 0 Å². The molecule has 0 fully saturated rings. The first kappa shape index (κ1) is 15.8. The molecule has 7 heteroatoms. The van der Waals surface area contributed by atoms with E-state index in [2.05, 4.69) is 10.1 Å². The van der Waals surface area contributed by atoms with Crippen molar-refractivity contribution in [2.75, 3.05) is 5.32 Å². The first-order valence-electron chi connectivity index (χ1n) is 5.88. The lowest BCUT2D eigenvalue weighted by molar-refractivity contribution is -0.0504. The zero-order valence-electron chi connectivity index (χ0n) is 10.5. The van der Waals surface area contributed by atoms with Gasteiger partial charge in [-0.05, 0) is 30.3 Å². The molecule has 2 nitrogen and oxygen atoms in total. The zero-order valence-corrected chi connectivity index (χ0v) is 12.1. The van der Waals surface area contributed by atoms with Crippen molar-refractivity contribution in [3.63, 3.8) is 0 Å².